The van der Waals surface area contributed by atoms with E-state index in [0.717, 1.165) is 39.0 Å². The molecule has 6 nitrogen and oxygen atoms in total. The van der Waals surface area contributed by atoms with Crippen molar-refractivity contribution in [2.45, 2.75) is 25.4 Å². The summed E-state index contributed by atoms with van der Waals surface area (Å²) in [6, 6.07) is 4.49. The molecule has 132 valence electrons. The maximum atomic E-state index is 12.3. The van der Waals surface area contributed by atoms with Crippen LogP contribution in [0.15, 0.2) is 17.5 Å². The molecule has 2 amide bonds. The number of thiophene rings is 1. The second kappa shape index (κ2) is 8.09. The van der Waals surface area contributed by atoms with Crippen LogP contribution in [-0.2, 0) is 16.1 Å². The number of rotatable bonds is 7. The van der Waals surface area contributed by atoms with E-state index in [0.29, 0.717) is 25.7 Å². The lowest BCUT2D eigenvalue weighted by Gasteiger charge is -2.34. The van der Waals surface area contributed by atoms with E-state index in [1.165, 1.54) is 4.88 Å². The van der Waals surface area contributed by atoms with Crippen molar-refractivity contribution in [1.82, 2.24) is 20.0 Å². The van der Waals surface area contributed by atoms with Crippen molar-refractivity contribution >= 4 is 23.2 Å². The van der Waals surface area contributed by atoms with Gasteiger partial charge in [0, 0.05) is 44.1 Å². The average Bonchev–Trinajstić information content (AvgIpc) is 3.21. The van der Waals surface area contributed by atoms with Gasteiger partial charge in [0.25, 0.3) is 0 Å². The van der Waals surface area contributed by atoms with Crippen LogP contribution >= 0.6 is 11.3 Å². The third kappa shape index (κ3) is 5.29. The van der Waals surface area contributed by atoms with Crippen molar-refractivity contribution in [1.29, 1.82) is 0 Å². The largest absolute Gasteiger partial charge is 0.352 e. The van der Waals surface area contributed by atoms with Gasteiger partial charge in [-0.15, -0.1) is 11.3 Å². The van der Waals surface area contributed by atoms with Crippen LogP contribution in [0.2, 0.25) is 0 Å². The molecule has 0 spiro atoms. The molecule has 0 aromatic carbocycles. The summed E-state index contributed by atoms with van der Waals surface area (Å²) in [6.45, 7) is 5.00. The van der Waals surface area contributed by atoms with Crippen LogP contribution < -0.4 is 5.32 Å². The quantitative estimate of drug-likeness (QED) is 0.783. The molecule has 0 bridgehead atoms. The molecule has 1 aliphatic heterocycles. The second-order valence-corrected chi connectivity index (χ2v) is 7.76. The number of nitrogens with one attached hydrogen (secondary N) is 1. The smallest absolute Gasteiger partial charge is 0.236 e. The predicted molar refractivity (Wildman–Crippen MR) is 94.8 cm³/mol. The topological polar surface area (TPSA) is 55.9 Å². The Balaban J connectivity index is 1.35. The molecule has 1 saturated heterocycles. The number of carbonyl (C=O) groups excluding carboxylic acids is 2. The van der Waals surface area contributed by atoms with Gasteiger partial charge in [-0.05, 0) is 24.3 Å². The molecule has 0 atom stereocenters. The van der Waals surface area contributed by atoms with Gasteiger partial charge in [-0.25, -0.2) is 0 Å². The van der Waals surface area contributed by atoms with Crippen LogP contribution in [0.25, 0.3) is 0 Å². The van der Waals surface area contributed by atoms with Crippen LogP contribution in [0.3, 0.4) is 0 Å². The van der Waals surface area contributed by atoms with Crippen molar-refractivity contribution < 1.29 is 9.59 Å². The van der Waals surface area contributed by atoms with Gasteiger partial charge in [-0.2, -0.15) is 0 Å². The number of likely N-dealkylation sites (N-methyl/N-ethyl adjacent to an activating group) is 1. The Morgan fingerprint density at radius 2 is 1.88 bits per heavy atom. The minimum Gasteiger partial charge on any atom is -0.352 e. The molecule has 1 aliphatic carbocycles. The number of hydrogen-bond acceptors (Lipinski definition) is 5. The molecule has 2 heterocycles. The molecular weight excluding hydrogens is 324 g/mol. The minimum absolute atomic E-state index is 0.137. The van der Waals surface area contributed by atoms with Crippen molar-refractivity contribution in [3.63, 3.8) is 0 Å². The SMILES string of the molecule is CN(Cc1cccs1)C(=O)CN1CCN(CC(=O)NC2CC2)CC1. The third-order valence-corrected chi connectivity index (χ3v) is 5.39. The van der Waals surface area contributed by atoms with E-state index in [9.17, 15) is 9.59 Å². The minimum atomic E-state index is 0.137. The Hall–Kier alpha value is -1.44. The van der Waals surface area contributed by atoms with Crippen molar-refractivity contribution in [3.8, 4) is 0 Å². The van der Waals surface area contributed by atoms with Crippen molar-refractivity contribution in [3.05, 3.63) is 22.4 Å². The fraction of sp³-hybridized carbons (Fsp3) is 0.647. The number of carbonyl (C=O) groups is 2. The Morgan fingerprint density at radius 3 is 2.46 bits per heavy atom. The Kier molecular flexibility index (Phi) is 5.86. The molecule has 7 heteroatoms. The first-order chi connectivity index (χ1) is 11.6. The van der Waals surface area contributed by atoms with Gasteiger partial charge in [-0.1, -0.05) is 6.07 Å². The molecule has 1 aromatic heterocycles. The molecule has 1 N–H and O–H groups in total. The molecule has 0 radical (unpaired) electrons. The first-order valence-electron chi connectivity index (χ1n) is 8.60. The number of piperazine rings is 1. The predicted octanol–water partition coefficient (Wildman–Crippen LogP) is 0.603. The van der Waals surface area contributed by atoms with E-state index in [2.05, 4.69) is 21.2 Å². The molecule has 1 aromatic rings. The van der Waals surface area contributed by atoms with E-state index in [1.807, 2.05) is 18.5 Å². The summed E-state index contributed by atoms with van der Waals surface area (Å²) in [5.41, 5.74) is 0. The van der Waals surface area contributed by atoms with E-state index >= 15 is 0 Å². The Labute approximate surface area is 147 Å². The van der Waals surface area contributed by atoms with Crippen LogP contribution in [0.4, 0.5) is 0 Å². The number of hydrogen-bond donors (Lipinski definition) is 1. The highest BCUT2D eigenvalue weighted by Gasteiger charge is 2.26. The van der Waals surface area contributed by atoms with E-state index in [4.69, 9.17) is 0 Å². The third-order valence-electron chi connectivity index (χ3n) is 4.53. The molecule has 2 aliphatic rings. The standard InChI is InChI=1S/C17H26N4O2S/c1-19(11-15-3-2-10-24-15)17(23)13-21-8-6-20(7-9-21)12-16(22)18-14-4-5-14/h2-3,10,14H,4-9,11-13H2,1H3,(H,18,22). The summed E-state index contributed by atoms with van der Waals surface area (Å²) in [7, 11) is 1.86. The van der Waals surface area contributed by atoms with Crippen LogP contribution in [0.5, 0.6) is 0 Å². The van der Waals surface area contributed by atoms with Crippen LogP contribution in [0.1, 0.15) is 17.7 Å². The Morgan fingerprint density at radius 1 is 1.21 bits per heavy atom. The van der Waals surface area contributed by atoms with Crippen LogP contribution in [-0.4, -0.2) is 78.9 Å². The highest BCUT2D eigenvalue weighted by atomic mass is 32.1. The normalized spacial score (nSPS) is 19.2. The van der Waals surface area contributed by atoms with E-state index in [1.54, 1.807) is 16.2 Å². The zero-order valence-corrected chi connectivity index (χ0v) is 15.1. The summed E-state index contributed by atoms with van der Waals surface area (Å²) in [5, 5.41) is 5.06. The van der Waals surface area contributed by atoms with Gasteiger partial charge in [0.15, 0.2) is 0 Å². The van der Waals surface area contributed by atoms with E-state index < -0.39 is 0 Å². The summed E-state index contributed by atoms with van der Waals surface area (Å²) in [5.74, 6) is 0.293. The average molecular weight is 350 g/mol. The maximum absolute atomic E-state index is 12.3. The van der Waals surface area contributed by atoms with E-state index in [-0.39, 0.29) is 11.8 Å². The molecule has 24 heavy (non-hydrogen) atoms. The van der Waals surface area contributed by atoms with Gasteiger partial charge < -0.3 is 10.2 Å². The van der Waals surface area contributed by atoms with Gasteiger partial charge >= 0.3 is 0 Å². The van der Waals surface area contributed by atoms with Crippen molar-refractivity contribution in [2.24, 2.45) is 0 Å². The molecule has 2 fully saturated rings. The first kappa shape index (κ1) is 17.4. The zero-order chi connectivity index (χ0) is 16.9. The summed E-state index contributed by atoms with van der Waals surface area (Å²) < 4.78 is 0. The first-order valence-corrected chi connectivity index (χ1v) is 9.48. The highest BCUT2D eigenvalue weighted by Crippen LogP contribution is 2.18. The summed E-state index contributed by atoms with van der Waals surface area (Å²) >= 11 is 1.68. The lowest BCUT2D eigenvalue weighted by molar-refractivity contribution is -0.132. The number of nitrogens with zero attached hydrogens (tertiary/aromatic N) is 3. The number of amides is 2. The second-order valence-electron chi connectivity index (χ2n) is 6.72. The van der Waals surface area contributed by atoms with Gasteiger partial charge in [0.1, 0.15) is 0 Å². The molecular formula is C17H26N4O2S. The summed E-state index contributed by atoms with van der Waals surface area (Å²) in [4.78, 5) is 31.5. The lowest BCUT2D eigenvalue weighted by atomic mass is 10.3. The zero-order valence-electron chi connectivity index (χ0n) is 14.2. The fourth-order valence-electron chi connectivity index (χ4n) is 2.85. The monoisotopic (exact) mass is 350 g/mol. The maximum Gasteiger partial charge on any atom is 0.236 e. The Bertz CT molecular complexity index is 551. The van der Waals surface area contributed by atoms with Gasteiger partial charge in [0.05, 0.1) is 19.6 Å². The van der Waals surface area contributed by atoms with Gasteiger partial charge in [-0.3, -0.25) is 19.4 Å². The van der Waals surface area contributed by atoms with Crippen LogP contribution in [0, 0.1) is 0 Å². The van der Waals surface area contributed by atoms with Gasteiger partial charge in [0.2, 0.25) is 11.8 Å². The fourth-order valence-corrected chi connectivity index (χ4v) is 3.60. The summed E-state index contributed by atoms with van der Waals surface area (Å²) in [6.07, 6.45) is 2.25. The lowest BCUT2D eigenvalue weighted by Crippen LogP contribution is -2.51. The molecule has 0 unspecified atom stereocenters. The van der Waals surface area contributed by atoms with Crippen molar-refractivity contribution in [2.75, 3.05) is 46.3 Å². The molecule has 1 saturated carbocycles. The molecule has 3 rings (SSSR count). The highest BCUT2D eigenvalue weighted by molar-refractivity contribution is 7.09.